The zero-order chi connectivity index (χ0) is 12.8. The zero-order valence-electron chi connectivity index (χ0n) is 10.9. The first kappa shape index (κ1) is 14.0. The Kier molecular flexibility index (Phi) is 5.41. The van der Waals surface area contributed by atoms with Gasteiger partial charge in [-0.1, -0.05) is 0 Å². The van der Waals surface area contributed by atoms with Crippen molar-refractivity contribution in [2.45, 2.75) is 19.8 Å². The first-order chi connectivity index (χ1) is 8.04. The van der Waals surface area contributed by atoms with Crippen LogP contribution in [0.4, 0.5) is 0 Å². The molecule has 17 heavy (non-hydrogen) atoms. The summed E-state index contributed by atoms with van der Waals surface area (Å²) in [6, 6.07) is 0. The number of hydrogen-bond donors (Lipinski definition) is 0. The minimum absolute atomic E-state index is 0.0870. The van der Waals surface area contributed by atoms with E-state index >= 15 is 0 Å². The first-order valence-corrected chi connectivity index (χ1v) is 6.13. The van der Waals surface area contributed by atoms with Crippen LogP contribution >= 0.6 is 0 Å². The Morgan fingerprint density at radius 1 is 1.41 bits per heavy atom. The van der Waals surface area contributed by atoms with Crippen LogP contribution < -0.4 is 0 Å². The van der Waals surface area contributed by atoms with E-state index in [9.17, 15) is 9.59 Å². The number of amides is 1. The molecule has 5 nitrogen and oxygen atoms in total. The fraction of sp³-hybridized carbons (Fsp3) is 0.833. The highest BCUT2D eigenvalue weighted by Gasteiger charge is 2.29. The number of esters is 1. The third kappa shape index (κ3) is 4.34. The molecule has 1 aliphatic heterocycles. The molecule has 0 aliphatic carbocycles. The number of rotatable bonds is 4. The summed E-state index contributed by atoms with van der Waals surface area (Å²) < 4.78 is 5.00. The Morgan fingerprint density at radius 3 is 2.71 bits per heavy atom. The van der Waals surface area contributed by atoms with Gasteiger partial charge in [0.2, 0.25) is 5.91 Å². The molecule has 0 radical (unpaired) electrons. The molecule has 0 unspecified atom stereocenters. The standard InChI is InChI=1S/C12H22N2O3/c1-4-17-12(16)10-6-5-7-14(8-10)11(15)9-13(2)3/h10H,4-9H2,1-3H3/t10-/m0/s1. The fourth-order valence-corrected chi connectivity index (χ4v) is 2.03. The average Bonchev–Trinajstić information content (AvgIpc) is 2.28. The average molecular weight is 242 g/mol. The first-order valence-electron chi connectivity index (χ1n) is 6.13. The van der Waals surface area contributed by atoms with E-state index in [1.807, 2.05) is 19.0 Å². The second-order valence-corrected chi connectivity index (χ2v) is 4.67. The molecule has 0 N–H and O–H groups in total. The number of hydrogen-bond acceptors (Lipinski definition) is 4. The largest absolute Gasteiger partial charge is 0.466 e. The molecule has 0 saturated carbocycles. The molecule has 0 aromatic heterocycles. The maximum absolute atomic E-state index is 11.9. The van der Waals surface area contributed by atoms with Gasteiger partial charge in [0.1, 0.15) is 0 Å². The van der Waals surface area contributed by atoms with Crippen molar-refractivity contribution in [2.75, 3.05) is 40.3 Å². The van der Waals surface area contributed by atoms with E-state index in [4.69, 9.17) is 4.74 Å². The summed E-state index contributed by atoms with van der Waals surface area (Å²) in [5.74, 6) is -0.228. The zero-order valence-corrected chi connectivity index (χ0v) is 10.9. The van der Waals surface area contributed by atoms with Crippen LogP contribution in [0.25, 0.3) is 0 Å². The Morgan fingerprint density at radius 2 is 2.12 bits per heavy atom. The summed E-state index contributed by atoms with van der Waals surface area (Å²) in [6.07, 6.45) is 1.70. The van der Waals surface area contributed by atoms with Gasteiger partial charge in [0.15, 0.2) is 0 Å². The lowest BCUT2D eigenvalue weighted by Crippen LogP contribution is -2.45. The summed E-state index contributed by atoms with van der Waals surface area (Å²) in [7, 11) is 3.73. The van der Waals surface area contributed by atoms with E-state index in [1.165, 1.54) is 0 Å². The summed E-state index contributed by atoms with van der Waals surface area (Å²) >= 11 is 0. The number of ether oxygens (including phenoxy) is 1. The van der Waals surface area contributed by atoms with E-state index in [0.29, 0.717) is 19.7 Å². The van der Waals surface area contributed by atoms with Crippen LogP contribution in [0, 0.1) is 5.92 Å². The van der Waals surface area contributed by atoms with Gasteiger partial charge in [-0.25, -0.2) is 0 Å². The lowest BCUT2D eigenvalue weighted by molar-refractivity contribution is -0.151. The minimum atomic E-state index is -0.171. The van der Waals surface area contributed by atoms with Gasteiger partial charge in [-0.2, -0.15) is 0 Å². The number of likely N-dealkylation sites (tertiary alicyclic amines) is 1. The molecule has 0 aromatic carbocycles. The van der Waals surface area contributed by atoms with Gasteiger partial charge in [0.05, 0.1) is 19.1 Å². The van der Waals surface area contributed by atoms with Gasteiger partial charge in [-0.3, -0.25) is 9.59 Å². The third-order valence-corrected chi connectivity index (χ3v) is 2.85. The molecule has 1 aliphatic rings. The predicted octanol–water partition coefficient (Wildman–Crippen LogP) is 0.350. The van der Waals surface area contributed by atoms with Gasteiger partial charge in [-0.15, -0.1) is 0 Å². The van der Waals surface area contributed by atoms with Crippen molar-refractivity contribution in [2.24, 2.45) is 5.92 Å². The number of likely N-dealkylation sites (N-methyl/N-ethyl adjacent to an activating group) is 1. The summed E-state index contributed by atoms with van der Waals surface area (Å²) in [5.41, 5.74) is 0. The molecule has 1 atom stereocenters. The van der Waals surface area contributed by atoms with E-state index in [2.05, 4.69) is 0 Å². The Balaban J connectivity index is 2.48. The van der Waals surface area contributed by atoms with E-state index in [1.54, 1.807) is 11.8 Å². The van der Waals surface area contributed by atoms with Crippen LogP contribution in [0.3, 0.4) is 0 Å². The number of nitrogens with zero attached hydrogens (tertiary/aromatic N) is 2. The highest BCUT2D eigenvalue weighted by atomic mass is 16.5. The molecule has 1 saturated heterocycles. The Hall–Kier alpha value is -1.10. The highest BCUT2D eigenvalue weighted by Crippen LogP contribution is 2.18. The topological polar surface area (TPSA) is 49.9 Å². The van der Waals surface area contributed by atoms with Gasteiger partial charge in [0.25, 0.3) is 0 Å². The molecular formula is C12H22N2O3. The van der Waals surface area contributed by atoms with Gasteiger partial charge in [0, 0.05) is 13.1 Å². The second-order valence-electron chi connectivity index (χ2n) is 4.67. The van der Waals surface area contributed by atoms with Crippen LogP contribution in [-0.4, -0.2) is 62.0 Å². The van der Waals surface area contributed by atoms with E-state index in [0.717, 1.165) is 19.4 Å². The Labute approximate surface area is 103 Å². The van der Waals surface area contributed by atoms with Crippen molar-refractivity contribution in [3.05, 3.63) is 0 Å². The van der Waals surface area contributed by atoms with Crippen LogP contribution in [0.15, 0.2) is 0 Å². The SMILES string of the molecule is CCOC(=O)[C@H]1CCCN(C(=O)CN(C)C)C1. The number of carbonyl (C=O) groups is 2. The highest BCUT2D eigenvalue weighted by molar-refractivity contribution is 5.80. The fourth-order valence-electron chi connectivity index (χ4n) is 2.03. The molecule has 0 spiro atoms. The maximum Gasteiger partial charge on any atom is 0.310 e. The second kappa shape index (κ2) is 6.59. The summed E-state index contributed by atoms with van der Waals surface area (Å²) in [6.45, 7) is 3.86. The monoisotopic (exact) mass is 242 g/mol. The van der Waals surface area contributed by atoms with Crippen molar-refractivity contribution < 1.29 is 14.3 Å². The van der Waals surface area contributed by atoms with Crippen LogP contribution in [-0.2, 0) is 14.3 Å². The minimum Gasteiger partial charge on any atom is -0.466 e. The maximum atomic E-state index is 11.9. The van der Waals surface area contributed by atoms with Gasteiger partial charge in [-0.05, 0) is 33.9 Å². The smallest absolute Gasteiger partial charge is 0.310 e. The van der Waals surface area contributed by atoms with Crippen molar-refractivity contribution in [3.8, 4) is 0 Å². The van der Waals surface area contributed by atoms with E-state index < -0.39 is 0 Å². The number of carbonyl (C=O) groups excluding carboxylic acids is 2. The van der Waals surface area contributed by atoms with Crippen molar-refractivity contribution in [3.63, 3.8) is 0 Å². The lowest BCUT2D eigenvalue weighted by atomic mass is 9.98. The van der Waals surface area contributed by atoms with Crippen molar-refractivity contribution in [1.29, 1.82) is 0 Å². The van der Waals surface area contributed by atoms with Gasteiger partial charge >= 0.3 is 5.97 Å². The molecule has 98 valence electrons. The van der Waals surface area contributed by atoms with Crippen molar-refractivity contribution in [1.82, 2.24) is 9.80 Å². The Bertz CT molecular complexity index is 279. The van der Waals surface area contributed by atoms with E-state index in [-0.39, 0.29) is 17.8 Å². The normalized spacial score (nSPS) is 20.5. The number of piperidine rings is 1. The van der Waals surface area contributed by atoms with Crippen LogP contribution in [0.2, 0.25) is 0 Å². The third-order valence-electron chi connectivity index (χ3n) is 2.85. The predicted molar refractivity (Wildman–Crippen MR) is 64.5 cm³/mol. The van der Waals surface area contributed by atoms with Crippen LogP contribution in [0.1, 0.15) is 19.8 Å². The summed E-state index contributed by atoms with van der Waals surface area (Å²) in [4.78, 5) is 27.1. The van der Waals surface area contributed by atoms with Crippen LogP contribution in [0.5, 0.6) is 0 Å². The quantitative estimate of drug-likeness (QED) is 0.667. The van der Waals surface area contributed by atoms with Crippen molar-refractivity contribution >= 4 is 11.9 Å². The molecule has 1 fully saturated rings. The molecule has 1 amide bonds. The molecule has 1 rings (SSSR count). The molecular weight excluding hydrogens is 220 g/mol. The molecule has 0 bridgehead atoms. The molecule has 5 heteroatoms. The molecule has 0 aromatic rings. The molecule has 1 heterocycles. The lowest BCUT2D eigenvalue weighted by Gasteiger charge is -2.32. The summed E-state index contributed by atoms with van der Waals surface area (Å²) in [5, 5.41) is 0. The van der Waals surface area contributed by atoms with Gasteiger partial charge < -0.3 is 14.5 Å².